The van der Waals surface area contributed by atoms with Gasteiger partial charge in [-0.2, -0.15) is 13.2 Å². The van der Waals surface area contributed by atoms with E-state index in [1.807, 2.05) is 0 Å². The summed E-state index contributed by atoms with van der Waals surface area (Å²) in [4.78, 5) is 3.21. The van der Waals surface area contributed by atoms with Crippen LogP contribution in [0.4, 0.5) is 13.2 Å². The Kier molecular flexibility index (Phi) is 5.30. The molecular weight excluding hydrogens is 283 g/mol. The minimum Gasteiger partial charge on any atom is -0.381 e. The number of rotatable bonds is 6. The predicted molar refractivity (Wildman–Crippen MR) is 63.2 cm³/mol. The molecule has 0 fully saturated rings. The summed E-state index contributed by atoms with van der Waals surface area (Å²) in [7, 11) is -3.65. The van der Waals surface area contributed by atoms with Crippen LogP contribution in [0, 0.1) is 0 Å². The van der Waals surface area contributed by atoms with Gasteiger partial charge in [-0.1, -0.05) is 6.07 Å². The van der Waals surface area contributed by atoms with Crippen LogP contribution in [0.15, 0.2) is 18.3 Å². The minimum atomic E-state index is -4.66. The van der Waals surface area contributed by atoms with Gasteiger partial charge in [-0.25, -0.2) is 8.42 Å². The van der Waals surface area contributed by atoms with Gasteiger partial charge in [0.1, 0.15) is 5.69 Å². The average Bonchev–Trinajstić information content (AvgIpc) is 2.27. The van der Waals surface area contributed by atoms with Crippen LogP contribution in [0.5, 0.6) is 0 Å². The molecule has 0 bridgehead atoms. The maximum atomic E-state index is 12.6. The smallest absolute Gasteiger partial charge is 0.381 e. The number of ether oxygens (including phenoxy) is 1. The maximum absolute atomic E-state index is 12.6. The van der Waals surface area contributed by atoms with E-state index >= 15 is 0 Å². The largest absolute Gasteiger partial charge is 0.433 e. The van der Waals surface area contributed by atoms with Crippen molar-refractivity contribution in [1.29, 1.82) is 0 Å². The maximum Gasteiger partial charge on any atom is 0.433 e. The van der Waals surface area contributed by atoms with Crippen molar-refractivity contribution in [2.24, 2.45) is 0 Å². The van der Waals surface area contributed by atoms with Gasteiger partial charge >= 0.3 is 6.18 Å². The van der Waals surface area contributed by atoms with E-state index in [-0.39, 0.29) is 17.9 Å². The zero-order valence-electron chi connectivity index (χ0n) is 10.3. The molecule has 1 rings (SSSR count). The number of hydrogen-bond acceptors (Lipinski definition) is 4. The normalized spacial score (nSPS) is 12.6. The standard InChI is InChI=1S/C11H14F3NO3S/c1-2-18-6-7-19(16,17)8-9-4-3-5-15-10(9)11(12,13)14/h3-5H,2,6-8H2,1H3. The SMILES string of the molecule is CCOCCS(=O)(=O)Cc1cccnc1C(F)(F)F. The van der Waals surface area contributed by atoms with Gasteiger partial charge in [0.15, 0.2) is 9.84 Å². The molecule has 0 N–H and O–H groups in total. The molecule has 1 aromatic rings. The van der Waals surface area contributed by atoms with E-state index in [0.717, 1.165) is 12.3 Å². The fourth-order valence-electron chi connectivity index (χ4n) is 1.45. The molecule has 0 amide bonds. The molecule has 108 valence electrons. The molecular formula is C11H14F3NO3S. The zero-order chi connectivity index (χ0) is 14.5. The van der Waals surface area contributed by atoms with Crippen molar-refractivity contribution in [3.8, 4) is 0 Å². The highest BCUT2D eigenvalue weighted by molar-refractivity contribution is 7.90. The Labute approximate surface area is 109 Å². The molecule has 1 aromatic heterocycles. The number of aromatic nitrogens is 1. The van der Waals surface area contributed by atoms with E-state index in [2.05, 4.69) is 4.98 Å². The second-order valence-corrected chi connectivity index (χ2v) is 5.98. The first kappa shape index (κ1) is 15.9. The van der Waals surface area contributed by atoms with Gasteiger partial charge in [0.05, 0.1) is 18.1 Å². The molecule has 0 atom stereocenters. The summed E-state index contributed by atoms with van der Waals surface area (Å²) >= 11 is 0. The van der Waals surface area contributed by atoms with Crippen LogP contribution in [-0.4, -0.2) is 32.4 Å². The van der Waals surface area contributed by atoms with Gasteiger partial charge in [-0.3, -0.25) is 4.98 Å². The summed E-state index contributed by atoms with van der Waals surface area (Å²) in [6.07, 6.45) is -3.68. The Morgan fingerprint density at radius 1 is 1.37 bits per heavy atom. The van der Waals surface area contributed by atoms with Crippen molar-refractivity contribution in [3.63, 3.8) is 0 Å². The third-order valence-corrected chi connectivity index (χ3v) is 3.82. The van der Waals surface area contributed by atoms with Crippen LogP contribution in [0.3, 0.4) is 0 Å². The number of sulfone groups is 1. The van der Waals surface area contributed by atoms with Crippen molar-refractivity contribution in [1.82, 2.24) is 4.98 Å². The van der Waals surface area contributed by atoms with Crippen molar-refractivity contribution < 1.29 is 26.3 Å². The van der Waals surface area contributed by atoms with Crippen LogP contribution >= 0.6 is 0 Å². The number of alkyl halides is 3. The number of nitrogens with zero attached hydrogens (tertiary/aromatic N) is 1. The van der Waals surface area contributed by atoms with E-state index < -0.39 is 27.5 Å². The van der Waals surface area contributed by atoms with Gasteiger partial charge in [0, 0.05) is 12.8 Å². The van der Waals surface area contributed by atoms with Crippen molar-refractivity contribution in [2.75, 3.05) is 19.0 Å². The Balaban J connectivity index is 2.88. The summed E-state index contributed by atoms with van der Waals surface area (Å²) < 4.78 is 66.2. The summed E-state index contributed by atoms with van der Waals surface area (Å²) in [6.45, 7) is 2.03. The fraction of sp³-hybridized carbons (Fsp3) is 0.545. The van der Waals surface area contributed by atoms with Crippen LogP contribution in [-0.2, 0) is 26.5 Å². The Morgan fingerprint density at radius 2 is 2.05 bits per heavy atom. The molecule has 4 nitrogen and oxygen atoms in total. The summed E-state index contributed by atoms with van der Waals surface area (Å²) in [5.74, 6) is -1.00. The number of halogens is 3. The molecule has 0 aliphatic heterocycles. The second-order valence-electron chi connectivity index (χ2n) is 3.80. The monoisotopic (exact) mass is 297 g/mol. The predicted octanol–water partition coefficient (Wildman–Crippen LogP) is 2.05. The van der Waals surface area contributed by atoms with Gasteiger partial charge in [0.2, 0.25) is 0 Å². The van der Waals surface area contributed by atoms with Gasteiger partial charge in [-0.05, 0) is 18.6 Å². The second kappa shape index (κ2) is 6.33. The Morgan fingerprint density at radius 3 is 2.63 bits per heavy atom. The molecule has 0 spiro atoms. The van der Waals surface area contributed by atoms with Crippen LogP contribution in [0.25, 0.3) is 0 Å². The lowest BCUT2D eigenvalue weighted by atomic mass is 10.2. The molecule has 0 radical (unpaired) electrons. The van der Waals surface area contributed by atoms with E-state index in [1.54, 1.807) is 6.92 Å². The van der Waals surface area contributed by atoms with Crippen LogP contribution in [0.1, 0.15) is 18.2 Å². The lowest BCUT2D eigenvalue weighted by Crippen LogP contribution is -2.18. The van der Waals surface area contributed by atoms with E-state index in [1.165, 1.54) is 6.07 Å². The highest BCUT2D eigenvalue weighted by atomic mass is 32.2. The van der Waals surface area contributed by atoms with Gasteiger partial charge < -0.3 is 4.74 Å². The highest BCUT2D eigenvalue weighted by Gasteiger charge is 2.35. The summed E-state index contributed by atoms with van der Waals surface area (Å²) in [6, 6.07) is 2.40. The van der Waals surface area contributed by atoms with Crippen LogP contribution in [0.2, 0.25) is 0 Å². The topological polar surface area (TPSA) is 56.3 Å². The third kappa shape index (κ3) is 5.15. The molecule has 0 aromatic carbocycles. The molecule has 0 saturated carbocycles. The number of hydrogen-bond donors (Lipinski definition) is 0. The lowest BCUT2D eigenvalue weighted by molar-refractivity contribution is -0.141. The molecule has 0 aliphatic rings. The highest BCUT2D eigenvalue weighted by Crippen LogP contribution is 2.30. The third-order valence-electron chi connectivity index (χ3n) is 2.28. The summed E-state index contributed by atoms with van der Waals surface area (Å²) in [5, 5.41) is 0. The molecule has 8 heteroatoms. The molecule has 1 heterocycles. The van der Waals surface area contributed by atoms with Crippen LogP contribution < -0.4 is 0 Å². The van der Waals surface area contributed by atoms with Crippen molar-refractivity contribution >= 4 is 9.84 Å². The Bertz CT molecular complexity index is 514. The van der Waals surface area contributed by atoms with Crippen molar-refractivity contribution in [3.05, 3.63) is 29.6 Å². The first-order valence-electron chi connectivity index (χ1n) is 5.55. The van der Waals surface area contributed by atoms with Gasteiger partial charge in [-0.15, -0.1) is 0 Å². The zero-order valence-corrected chi connectivity index (χ0v) is 11.1. The summed E-state index contributed by atoms with van der Waals surface area (Å²) in [5.41, 5.74) is -1.50. The van der Waals surface area contributed by atoms with Gasteiger partial charge in [0.25, 0.3) is 0 Å². The Hall–Kier alpha value is -1.15. The average molecular weight is 297 g/mol. The van der Waals surface area contributed by atoms with E-state index in [0.29, 0.717) is 6.61 Å². The molecule has 19 heavy (non-hydrogen) atoms. The fourth-order valence-corrected chi connectivity index (χ4v) is 2.67. The van der Waals surface area contributed by atoms with Crippen molar-refractivity contribution in [2.45, 2.75) is 18.9 Å². The molecule has 0 unspecified atom stereocenters. The molecule has 0 aliphatic carbocycles. The molecule has 0 saturated heterocycles. The number of pyridine rings is 1. The van der Waals surface area contributed by atoms with E-state index in [4.69, 9.17) is 4.74 Å². The first-order valence-corrected chi connectivity index (χ1v) is 7.37. The minimum absolute atomic E-state index is 0.0273. The first-order chi connectivity index (χ1) is 8.76. The lowest BCUT2D eigenvalue weighted by Gasteiger charge is -2.11. The quantitative estimate of drug-likeness (QED) is 0.754. The van der Waals surface area contributed by atoms with E-state index in [9.17, 15) is 21.6 Å².